The maximum atomic E-state index is 5.84. The van der Waals surface area contributed by atoms with Gasteiger partial charge in [0, 0.05) is 46.0 Å². The third-order valence-electron chi connectivity index (χ3n) is 9.87. The number of nitrogens with one attached hydrogen (secondary N) is 1. The average molecular weight is 680 g/mol. The normalized spacial score (nSPS) is 16.3. The number of aromatic nitrogens is 2. The van der Waals surface area contributed by atoms with Crippen molar-refractivity contribution in [3.63, 3.8) is 0 Å². The van der Waals surface area contributed by atoms with Crippen molar-refractivity contribution in [2.75, 3.05) is 18.5 Å². The average Bonchev–Trinajstić information content (AvgIpc) is 3.72. The van der Waals surface area contributed by atoms with Crippen LogP contribution in [0.5, 0.6) is 0 Å². The van der Waals surface area contributed by atoms with Crippen LogP contribution in [-0.4, -0.2) is 53.3 Å². The predicted molar refractivity (Wildman–Crippen MR) is 213 cm³/mol. The number of aliphatic imine (C=N–C) groups is 2. The molecule has 0 saturated heterocycles. The summed E-state index contributed by atoms with van der Waals surface area (Å²) in [7, 11) is 0.795. The Labute approximate surface area is 304 Å². The van der Waals surface area contributed by atoms with E-state index in [1.54, 1.807) is 0 Å². The first-order valence-electron chi connectivity index (χ1n) is 17.8. The van der Waals surface area contributed by atoms with Crippen LogP contribution in [0.3, 0.4) is 0 Å². The van der Waals surface area contributed by atoms with Crippen LogP contribution in [0.15, 0.2) is 132 Å². The molecule has 0 atom stereocenters. The highest BCUT2D eigenvalue weighted by Gasteiger charge is 2.29. The van der Waals surface area contributed by atoms with Crippen LogP contribution in [0.1, 0.15) is 39.1 Å². The maximum absolute atomic E-state index is 5.84. The molecule has 4 aromatic carbocycles. The fraction of sp³-hybridized carbons (Fsp3) is 0.182. The largest absolute Gasteiger partial charge is 0.474 e. The highest BCUT2D eigenvalue weighted by molar-refractivity contribution is 6.70. The molecule has 3 aliphatic heterocycles. The van der Waals surface area contributed by atoms with Crippen molar-refractivity contribution in [1.29, 1.82) is 0 Å². The molecule has 0 fully saturated rings. The summed E-state index contributed by atoms with van der Waals surface area (Å²) in [6.45, 7) is 9.40. The SMILES string of the molecule is CC1(C)COC(c2ccc(-c3ccc4c(c3)-c3ccccc3Bc3ccccc3-c3cc(-c5ccc(C6=NC(C)(C)CO6)nc5)ccc3N4)cn2)=N1. The van der Waals surface area contributed by atoms with Gasteiger partial charge in [0.25, 0.3) is 0 Å². The molecule has 9 rings (SSSR count). The molecule has 52 heavy (non-hydrogen) atoms. The monoisotopic (exact) mass is 679 g/mol. The van der Waals surface area contributed by atoms with E-state index < -0.39 is 0 Å². The van der Waals surface area contributed by atoms with Gasteiger partial charge in [-0.2, -0.15) is 0 Å². The van der Waals surface area contributed by atoms with Crippen LogP contribution in [0.25, 0.3) is 44.5 Å². The van der Waals surface area contributed by atoms with Crippen LogP contribution >= 0.6 is 0 Å². The topological polar surface area (TPSA) is 81.0 Å². The first-order valence-corrected chi connectivity index (χ1v) is 17.8. The molecule has 254 valence electrons. The van der Waals surface area contributed by atoms with Gasteiger partial charge in [0.15, 0.2) is 7.28 Å². The van der Waals surface area contributed by atoms with E-state index in [4.69, 9.17) is 29.4 Å². The molecule has 1 N–H and O–H groups in total. The zero-order valence-electron chi connectivity index (χ0n) is 29.8. The number of anilines is 2. The Morgan fingerprint density at radius 2 is 0.962 bits per heavy atom. The molecule has 2 aromatic heterocycles. The van der Waals surface area contributed by atoms with Crippen molar-refractivity contribution in [2.45, 2.75) is 38.8 Å². The smallest absolute Gasteiger partial charge is 0.236 e. The molecule has 0 bridgehead atoms. The first kappa shape index (κ1) is 31.9. The van der Waals surface area contributed by atoms with Gasteiger partial charge in [-0.25, -0.2) is 9.98 Å². The lowest BCUT2D eigenvalue weighted by molar-refractivity contribution is 0.279. The lowest BCUT2D eigenvalue weighted by atomic mass is 9.59. The Morgan fingerprint density at radius 3 is 1.37 bits per heavy atom. The van der Waals surface area contributed by atoms with Crippen LogP contribution in [0.4, 0.5) is 11.4 Å². The molecule has 3 aliphatic rings. The minimum Gasteiger partial charge on any atom is -0.474 e. The Kier molecular flexibility index (Phi) is 7.58. The summed E-state index contributed by atoms with van der Waals surface area (Å²) in [5, 5.41) is 3.86. The highest BCUT2D eigenvalue weighted by atomic mass is 16.5. The van der Waals surface area contributed by atoms with Gasteiger partial charge in [-0.15, -0.1) is 0 Å². The van der Waals surface area contributed by atoms with Crippen LogP contribution < -0.4 is 16.2 Å². The summed E-state index contributed by atoms with van der Waals surface area (Å²) in [4.78, 5) is 18.9. The van der Waals surface area contributed by atoms with Gasteiger partial charge >= 0.3 is 0 Å². The van der Waals surface area contributed by atoms with Crippen molar-refractivity contribution < 1.29 is 9.47 Å². The molecule has 0 saturated carbocycles. The molecule has 7 nitrogen and oxygen atoms in total. The fourth-order valence-electron chi connectivity index (χ4n) is 7.15. The minimum atomic E-state index is -0.231. The summed E-state index contributed by atoms with van der Waals surface area (Å²) in [5.41, 5.74) is 14.6. The highest BCUT2D eigenvalue weighted by Crippen LogP contribution is 2.39. The molecular weight excluding hydrogens is 641 g/mol. The quantitative estimate of drug-likeness (QED) is 0.193. The Balaban J connectivity index is 1.12. The summed E-state index contributed by atoms with van der Waals surface area (Å²) in [5.74, 6) is 1.21. The van der Waals surface area contributed by atoms with Crippen molar-refractivity contribution in [3.8, 4) is 44.5 Å². The number of pyridine rings is 2. The number of nitrogens with zero attached hydrogens (tertiary/aromatic N) is 4. The van der Waals surface area contributed by atoms with E-state index in [-0.39, 0.29) is 11.1 Å². The van der Waals surface area contributed by atoms with Crippen molar-refractivity contribution in [1.82, 2.24) is 9.97 Å². The molecule has 6 aromatic rings. The standard InChI is InChI=1S/C44H38BN5O2/c1-43(2)25-51-41(49-43)39-19-15-29(23-46-39)27-13-17-37-33(21-27)31-9-5-7-11-35(31)45-36-12-8-6-10-32(36)34-22-28(14-18-38(34)48-37)30-16-20-40(47-24-30)42-50-44(3,4)26-52-42/h5-24,45,48H,25-26H2,1-4H3. The predicted octanol–water partition coefficient (Wildman–Crippen LogP) is 7.70. The Hall–Kier alpha value is -6.02. The molecule has 0 amide bonds. The van der Waals surface area contributed by atoms with Gasteiger partial charge in [0.1, 0.15) is 24.6 Å². The minimum absolute atomic E-state index is 0.231. The summed E-state index contributed by atoms with van der Waals surface area (Å²) >= 11 is 0. The molecule has 0 aliphatic carbocycles. The van der Waals surface area contributed by atoms with Gasteiger partial charge < -0.3 is 14.8 Å². The van der Waals surface area contributed by atoms with Crippen molar-refractivity contribution in [2.24, 2.45) is 9.98 Å². The number of benzene rings is 4. The van der Waals surface area contributed by atoms with Gasteiger partial charge in [0.05, 0.1) is 11.1 Å². The van der Waals surface area contributed by atoms with Gasteiger partial charge in [-0.3, -0.25) is 9.97 Å². The second-order valence-corrected chi connectivity index (χ2v) is 15.0. The van der Waals surface area contributed by atoms with E-state index in [0.717, 1.165) is 63.4 Å². The number of rotatable bonds is 4. The van der Waals surface area contributed by atoms with Gasteiger partial charge in [-0.05, 0) is 86.3 Å². The van der Waals surface area contributed by atoms with Crippen molar-refractivity contribution >= 4 is 41.4 Å². The van der Waals surface area contributed by atoms with Crippen LogP contribution in [0, 0.1) is 0 Å². The second kappa shape index (κ2) is 12.3. The number of ether oxygens (including phenoxy) is 2. The third-order valence-corrected chi connectivity index (χ3v) is 9.87. The Bertz CT molecular complexity index is 2250. The van der Waals surface area contributed by atoms with E-state index in [1.165, 1.54) is 22.1 Å². The lowest BCUT2D eigenvalue weighted by Gasteiger charge is -2.23. The first-order chi connectivity index (χ1) is 25.2. The zero-order chi connectivity index (χ0) is 35.5. The third kappa shape index (κ3) is 6.04. The molecule has 0 radical (unpaired) electrons. The molecule has 0 unspecified atom stereocenters. The van der Waals surface area contributed by atoms with E-state index >= 15 is 0 Å². The van der Waals surface area contributed by atoms with Crippen LogP contribution in [-0.2, 0) is 9.47 Å². The summed E-state index contributed by atoms with van der Waals surface area (Å²) < 4.78 is 11.7. The fourth-order valence-corrected chi connectivity index (χ4v) is 7.15. The second-order valence-electron chi connectivity index (χ2n) is 15.0. The lowest BCUT2D eigenvalue weighted by Crippen LogP contribution is -2.30. The van der Waals surface area contributed by atoms with Gasteiger partial charge in [-0.1, -0.05) is 83.7 Å². The van der Waals surface area contributed by atoms with Crippen LogP contribution in [0.2, 0.25) is 0 Å². The van der Waals surface area contributed by atoms with Crippen molar-refractivity contribution in [3.05, 3.63) is 133 Å². The van der Waals surface area contributed by atoms with E-state index in [0.29, 0.717) is 25.0 Å². The zero-order valence-corrected chi connectivity index (χ0v) is 29.8. The van der Waals surface area contributed by atoms with Gasteiger partial charge in [0.2, 0.25) is 11.8 Å². The summed E-state index contributed by atoms with van der Waals surface area (Å²) in [6, 6.07) is 38.9. The Morgan fingerprint density at radius 1 is 0.519 bits per heavy atom. The molecule has 5 heterocycles. The molecular formula is C44H38BN5O2. The number of fused-ring (bicyclic) bond motifs is 6. The number of hydrogen-bond donors (Lipinski definition) is 1. The molecule has 0 spiro atoms. The number of hydrogen-bond acceptors (Lipinski definition) is 7. The maximum Gasteiger partial charge on any atom is 0.236 e. The van der Waals surface area contributed by atoms with E-state index in [9.17, 15) is 0 Å². The summed E-state index contributed by atoms with van der Waals surface area (Å²) in [6.07, 6.45) is 3.83. The van der Waals surface area contributed by atoms with E-state index in [2.05, 4.69) is 130 Å². The van der Waals surface area contributed by atoms with E-state index in [1.807, 2.05) is 24.5 Å². The molecule has 8 heteroatoms.